The predicted octanol–water partition coefficient (Wildman–Crippen LogP) is 5.26. The monoisotopic (exact) mass is 592 g/mol. The van der Waals surface area contributed by atoms with Crippen LogP contribution in [-0.4, -0.2) is 83.3 Å². The van der Waals surface area contributed by atoms with Crippen LogP contribution < -0.4 is 15.5 Å². The topological polar surface area (TPSA) is 100 Å². The summed E-state index contributed by atoms with van der Waals surface area (Å²) in [5.74, 6) is 0.259. The van der Waals surface area contributed by atoms with Gasteiger partial charge in [-0.05, 0) is 67.6 Å². The Morgan fingerprint density at radius 2 is 1.63 bits per heavy atom. The van der Waals surface area contributed by atoms with Crippen molar-refractivity contribution in [2.75, 3.05) is 62.0 Å². The number of carbonyl (C=O) groups is 1. The van der Waals surface area contributed by atoms with E-state index in [1.807, 2.05) is 30.3 Å². The number of urea groups is 1. The van der Waals surface area contributed by atoms with E-state index in [1.54, 1.807) is 24.3 Å². The van der Waals surface area contributed by atoms with E-state index in [9.17, 15) is 18.0 Å². The maximum atomic E-state index is 13.2. The maximum absolute atomic E-state index is 13.2. The molecule has 4 aromatic rings. The van der Waals surface area contributed by atoms with Gasteiger partial charge in [0, 0.05) is 48.8 Å². The summed E-state index contributed by atoms with van der Waals surface area (Å²) in [5, 5.41) is 10.1. The van der Waals surface area contributed by atoms with Crippen LogP contribution in [0.5, 0.6) is 0 Å². The highest BCUT2D eigenvalue weighted by Crippen LogP contribution is 2.31. The number of carbonyl (C=O) groups excluding carboxylic acids is 1. The summed E-state index contributed by atoms with van der Waals surface area (Å²) < 4.78 is 46.0. The molecule has 10 nitrogen and oxygen atoms in total. The van der Waals surface area contributed by atoms with Crippen LogP contribution in [0.4, 0.5) is 35.0 Å². The molecule has 0 unspecified atom stereocenters. The van der Waals surface area contributed by atoms with E-state index in [0.717, 1.165) is 42.1 Å². The van der Waals surface area contributed by atoms with Crippen molar-refractivity contribution in [2.45, 2.75) is 19.1 Å². The first kappa shape index (κ1) is 28.6. The molecule has 6 rings (SSSR count). The molecule has 0 saturated carbocycles. The average Bonchev–Trinajstić information content (AvgIpc) is 3.39. The van der Waals surface area contributed by atoms with Crippen molar-refractivity contribution in [1.29, 1.82) is 0 Å². The van der Waals surface area contributed by atoms with Gasteiger partial charge in [0.1, 0.15) is 6.54 Å². The third-order valence-corrected chi connectivity index (χ3v) is 7.49. The van der Waals surface area contributed by atoms with Gasteiger partial charge in [0.25, 0.3) is 0 Å². The largest absolute Gasteiger partial charge is 0.408 e. The lowest BCUT2D eigenvalue weighted by atomic mass is 10.0. The van der Waals surface area contributed by atoms with E-state index < -0.39 is 18.8 Å². The number of rotatable bonds is 6. The first-order valence-electron chi connectivity index (χ1n) is 14.0. The Balaban J connectivity index is 1.17. The molecule has 224 valence electrons. The molecule has 13 heteroatoms. The van der Waals surface area contributed by atoms with Crippen LogP contribution in [0.1, 0.15) is 12.1 Å². The number of piperazine rings is 1. The fourth-order valence-electron chi connectivity index (χ4n) is 5.17. The molecule has 43 heavy (non-hydrogen) atoms. The second-order valence-corrected chi connectivity index (χ2v) is 10.6. The second kappa shape index (κ2) is 12.0. The Morgan fingerprint density at radius 1 is 0.953 bits per heavy atom. The van der Waals surface area contributed by atoms with Crippen molar-refractivity contribution in [1.82, 2.24) is 24.6 Å². The normalized spacial score (nSPS) is 16.3. The number of benzene rings is 2. The fraction of sp³-hybridized carbons (Fsp3) is 0.333. The van der Waals surface area contributed by atoms with E-state index >= 15 is 0 Å². The van der Waals surface area contributed by atoms with Crippen LogP contribution in [0.3, 0.4) is 0 Å². The molecule has 0 aliphatic carbocycles. The van der Waals surface area contributed by atoms with E-state index in [-0.39, 0.29) is 11.5 Å². The molecule has 1 saturated heterocycles. The lowest BCUT2D eigenvalue weighted by Gasteiger charge is -2.34. The third-order valence-electron chi connectivity index (χ3n) is 7.49. The highest BCUT2D eigenvalue weighted by molar-refractivity contribution is 6.00. The number of halogens is 3. The van der Waals surface area contributed by atoms with Gasteiger partial charge in [-0.2, -0.15) is 18.3 Å². The van der Waals surface area contributed by atoms with Crippen molar-refractivity contribution < 1.29 is 22.7 Å². The minimum absolute atomic E-state index is 0.102. The number of alkyl halides is 3. The highest BCUT2D eigenvalue weighted by atomic mass is 19.4. The molecule has 4 heterocycles. The van der Waals surface area contributed by atoms with Crippen LogP contribution in [0.25, 0.3) is 28.0 Å². The number of fused-ring (bicyclic) bond motifs is 1. The number of nitrogens with one attached hydrogen (secondary N) is 2. The van der Waals surface area contributed by atoms with Crippen molar-refractivity contribution in [3.8, 4) is 11.4 Å². The molecule has 1 fully saturated rings. The van der Waals surface area contributed by atoms with Gasteiger partial charge in [-0.25, -0.2) is 19.4 Å². The van der Waals surface area contributed by atoms with Crippen LogP contribution >= 0.6 is 0 Å². The fourth-order valence-corrected chi connectivity index (χ4v) is 5.17. The van der Waals surface area contributed by atoms with Gasteiger partial charge >= 0.3 is 12.2 Å². The Labute approximate surface area is 246 Å². The van der Waals surface area contributed by atoms with Gasteiger partial charge in [-0.1, -0.05) is 6.08 Å². The molecule has 0 atom stereocenters. The van der Waals surface area contributed by atoms with Crippen molar-refractivity contribution in [3.05, 3.63) is 66.5 Å². The lowest BCUT2D eigenvalue weighted by molar-refractivity contribution is -0.141. The Hall–Kier alpha value is -4.49. The van der Waals surface area contributed by atoms with Crippen molar-refractivity contribution >= 4 is 39.7 Å². The molecular weight excluding hydrogens is 561 g/mol. The van der Waals surface area contributed by atoms with E-state index in [2.05, 4.69) is 37.6 Å². The first-order valence-corrected chi connectivity index (χ1v) is 14.0. The number of likely N-dealkylation sites (N-methyl/N-ethyl adjacent to an activating group) is 1. The zero-order valence-corrected chi connectivity index (χ0v) is 23.6. The molecule has 0 spiro atoms. The molecule has 2 aliphatic rings. The van der Waals surface area contributed by atoms with Crippen LogP contribution in [-0.2, 0) is 11.3 Å². The zero-order chi connectivity index (χ0) is 30.0. The lowest BCUT2D eigenvalue weighted by Crippen LogP contribution is -2.44. The quantitative estimate of drug-likeness (QED) is 0.315. The standard InChI is InChI=1S/C30H31F3N8O2/c1-39-12-14-40(15-13-39)24-8-6-23(7-9-24)36-29(42)35-22-4-2-21(3-5-22)27-37-26(20-10-16-43-17-11-20)25-18-34-41(28(25)38-27)19-30(31,32)33/h2-10,18H,11-17,19H2,1H3,(H2,35,36,42). The molecule has 0 radical (unpaired) electrons. The molecule has 0 bridgehead atoms. The van der Waals surface area contributed by atoms with Crippen molar-refractivity contribution in [3.63, 3.8) is 0 Å². The summed E-state index contributed by atoms with van der Waals surface area (Å²) in [6.45, 7) is 3.58. The summed E-state index contributed by atoms with van der Waals surface area (Å²) >= 11 is 0. The molecule has 2 amide bonds. The van der Waals surface area contributed by atoms with Crippen LogP contribution in [0.2, 0.25) is 0 Å². The molecular formula is C30H31F3N8O2. The van der Waals surface area contributed by atoms with Crippen LogP contribution in [0, 0.1) is 0 Å². The number of ether oxygens (including phenoxy) is 1. The SMILES string of the molecule is CN1CCN(c2ccc(NC(=O)Nc3ccc(-c4nc(C5=CCOCC5)c5cnn(CC(F)(F)F)c5n4)cc3)cc2)CC1. The summed E-state index contributed by atoms with van der Waals surface area (Å²) in [6, 6.07) is 14.2. The summed E-state index contributed by atoms with van der Waals surface area (Å²) in [4.78, 5) is 26.5. The minimum Gasteiger partial charge on any atom is -0.377 e. The van der Waals surface area contributed by atoms with Gasteiger partial charge in [0.05, 0.1) is 30.5 Å². The maximum Gasteiger partial charge on any atom is 0.408 e. The van der Waals surface area contributed by atoms with Crippen molar-refractivity contribution in [2.24, 2.45) is 0 Å². The van der Waals surface area contributed by atoms with E-state index in [1.165, 1.54) is 6.20 Å². The van der Waals surface area contributed by atoms with Gasteiger partial charge in [-0.3, -0.25) is 0 Å². The second-order valence-electron chi connectivity index (χ2n) is 10.6. The Morgan fingerprint density at radius 3 is 2.26 bits per heavy atom. The minimum atomic E-state index is -4.46. The van der Waals surface area contributed by atoms with E-state index in [4.69, 9.17) is 9.72 Å². The van der Waals surface area contributed by atoms with Gasteiger partial charge in [-0.15, -0.1) is 0 Å². The summed E-state index contributed by atoms with van der Waals surface area (Å²) in [6.07, 6.45) is -0.626. The summed E-state index contributed by atoms with van der Waals surface area (Å²) in [7, 11) is 2.12. The average molecular weight is 593 g/mol. The summed E-state index contributed by atoms with van der Waals surface area (Å²) in [5.41, 5.74) is 4.42. The van der Waals surface area contributed by atoms with Gasteiger partial charge in [0.15, 0.2) is 11.5 Å². The Kier molecular flexibility index (Phi) is 8.00. The number of aromatic nitrogens is 4. The number of hydrogen-bond acceptors (Lipinski definition) is 7. The molecule has 2 aromatic carbocycles. The smallest absolute Gasteiger partial charge is 0.377 e. The molecule has 2 N–H and O–H groups in total. The van der Waals surface area contributed by atoms with Gasteiger partial charge in [0.2, 0.25) is 0 Å². The molecule has 2 aliphatic heterocycles. The highest BCUT2D eigenvalue weighted by Gasteiger charge is 2.30. The molecule has 2 aromatic heterocycles. The zero-order valence-electron chi connectivity index (χ0n) is 23.6. The van der Waals surface area contributed by atoms with Crippen LogP contribution in [0.15, 0.2) is 60.8 Å². The third kappa shape index (κ3) is 6.78. The van der Waals surface area contributed by atoms with E-state index in [0.29, 0.717) is 47.7 Å². The predicted molar refractivity (Wildman–Crippen MR) is 159 cm³/mol. The number of hydrogen-bond donors (Lipinski definition) is 2. The number of amides is 2. The number of anilines is 3. The number of nitrogens with zero attached hydrogens (tertiary/aromatic N) is 6. The first-order chi connectivity index (χ1) is 20.7. The van der Waals surface area contributed by atoms with Gasteiger partial charge < -0.3 is 25.2 Å². The Bertz CT molecular complexity index is 1630.